The van der Waals surface area contributed by atoms with Gasteiger partial charge in [-0.25, -0.2) is 0 Å². The Morgan fingerprint density at radius 1 is 1.47 bits per heavy atom. The van der Waals surface area contributed by atoms with Crippen molar-refractivity contribution in [1.29, 1.82) is 5.26 Å². The fourth-order valence-corrected chi connectivity index (χ4v) is 1.93. The largest absolute Gasteiger partial charge is 0.382 e. The smallest absolute Gasteiger partial charge is 0.101 e. The molecular weight excluding hydrogens is 210 g/mol. The minimum absolute atomic E-state index is 0.330. The fourth-order valence-electron chi connectivity index (χ4n) is 1.71. The van der Waals surface area contributed by atoms with E-state index in [4.69, 9.17) is 22.6 Å². The van der Waals surface area contributed by atoms with Crippen LogP contribution in [0.25, 0.3) is 0 Å². The first-order chi connectivity index (χ1) is 7.19. The molecule has 1 aliphatic carbocycles. The van der Waals surface area contributed by atoms with E-state index in [0.717, 1.165) is 18.5 Å². The standard InChI is InChI=1S/C11H12ClN3/c12-11-5-9(2-1-7(11)6-13)15-10-3-8(14)4-10/h1-2,5,8,10,15H,3-4,14H2. The molecule has 15 heavy (non-hydrogen) atoms. The van der Waals surface area contributed by atoms with Gasteiger partial charge in [-0.3, -0.25) is 0 Å². The molecule has 2 rings (SSSR count). The molecule has 1 aromatic rings. The molecule has 3 nitrogen and oxygen atoms in total. The lowest BCUT2D eigenvalue weighted by atomic mass is 9.87. The van der Waals surface area contributed by atoms with E-state index in [1.54, 1.807) is 12.1 Å². The summed E-state index contributed by atoms with van der Waals surface area (Å²) in [6.07, 6.45) is 2.00. The highest BCUT2D eigenvalue weighted by molar-refractivity contribution is 6.32. The third-order valence-electron chi connectivity index (χ3n) is 2.63. The minimum atomic E-state index is 0.330. The van der Waals surface area contributed by atoms with Crippen LogP contribution < -0.4 is 11.1 Å². The monoisotopic (exact) mass is 221 g/mol. The van der Waals surface area contributed by atoms with Gasteiger partial charge in [0.25, 0.3) is 0 Å². The van der Waals surface area contributed by atoms with Crippen molar-refractivity contribution >= 4 is 17.3 Å². The number of nitrogens with zero attached hydrogens (tertiary/aromatic N) is 1. The molecule has 0 spiro atoms. The maximum absolute atomic E-state index is 8.71. The molecule has 0 radical (unpaired) electrons. The van der Waals surface area contributed by atoms with Crippen molar-refractivity contribution in [2.24, 2.45) is 5.73 Å². The summed E-state index contributed by atoms with van der Waals surface area (Å²) in [6, 6.07) is 8.19. The number of anilines is 1. The molecule has 0 saturated heterocycles. The number of halogens is 1. The van der Waals surface area contributed by atoms with E-state index in [1.807, 2.05) is 12.1 Å². The highest BCUT2D eigenvalue weighted by Crippen LogP contribution is 2.25. The second kappa shape index (κ2) is 4.09. The van der Waals surface area contributed by atoms with Gasteiger partial charge in [0.2, 0.25) is 0 Å². The summed E-state index contributed by atoms with van der Waals surface area (Å²) in [7, 11) is 0. The topological polar surface area (TPSA) is 61.8 Å². The Kier molecular flexibility index (Phi) is 2.81. The van der Waals surface area contributed by atoms with Crippen LogP contribution in [-0.2, 0) is 0 Å². The van der Waals surface area contributed by atoms with E-state index in [1.165, 1.54) is 0 Å². The van der Waals surface area contributed by atoms with Gasteiger partial charge in [-0.15, -0.1) is 0 Å². The van der Waals surface area contributed by atoms with Crippen LogP contribution in [0, 0.1) is 11.3 Å². The lowest BCUT2D eigenvalue weighted by Crippen LogP contribution is -2.44. The van der Waals surface area contributed by atoms with Gasteiger partial charge in [-0.05, 0) is 31.0 Å². The molecule has 1 aliphatic rings. The van der Waals surface area contributed by atoms with Gasteiger partial charge >= 0.3 is 0 Å². The number of benzene rings is 1. The highest BCUT2D eigenvalue weighted by Gasteiger charge is 2.25. The van der Waals surface area contributed by atoms with E-state index in [-0.39, 0.29) is 0 Å². The SMILES string of the molecule is N#Cc1ccc(NC2CC(N)C2)cc1Cl. The average molecular weight is 222 g/mol. The van der Waals surface area contributed by atoms with Crippen molar-refractivity contribution in [3.8, 4) is 6.07 Å². The van der Waals surface area contributed by atoms with Crippen LogP contribution in [0.1, 0.15) is 18.4 Å². The number of rotatable bonds is 2. The lowest BCUT2D eigenvalue weighted by molar-refractivity contribution is 0.373. The maximum Gasteiger partial charge on any atom is 0.101 e. The van der Waals surface area contributed by atoms with Crippen LogP contribution in [0.5, 0.6) is 0 Å². The molecule has 1 aromatic carbocycles. The predicted octanol–water partition coefficient (Wildman–Crippen LogP) is 2.11. The zero-order chi connectivity index (χ0) is 10.8. The average Bonchev–Trinajstić information content (AvgIpc) is 2.16. The Morgan fingerprint density at radius 3 is 2.73 bits per heavy atom. The van der Waals surface area contributed by atoms with E-state index in [2.05, 4.69) is 5.32 Å². The third-order valence-corrected chi connectivity index (χ3v) is 2.95. The molecule has 3 N–H and O–H groups in total. The number of hydrogen-bond donors (Lipinski definition) is 2. The van der Waals surface area contributed by atoms with E-state index in [0.29, 0.717) is 22.7 Å². The Hall–Kier alpha value is -1.24. The number of nitrogens with two attached hydrogens (primary N) is 1. The van der Waals surface area contributed by atoms with Crippen molar-refractivity contribution in [3.05, 3.63) is 28.8 Å². The number of hydrogen-bond acceptors (Lipinski definition) is 3. The first kappa shape index (κ1) is 10.3. The summed E-state index contributed by atoms with van der Waals surface area (Å²) in [5.74, 6) is 0. The zero-order valence-electron chi connectivity index (χ0n) is 8.20. The normalized spacial score (nSPS) is 24.1. The summed E-state index contributed by atoms with van der Waals surface area (Å²) < 4.78 is 0. The van der Waals surface area contributed by atoms with Gasteiger partial charge in [0.1, 0.15) is 6.07 Å². The predicted molar refractivity (Wildman–Crippen MR) is 60.8 cm³/mol. The van der Waals surface area contributed by atoms with E-state index >= 15 is 0 Å². The zero-order valence-corrected chi connectivity index (χ0v) is 8.96. The lowest BCUT2D eigenvalue weighted by Gasteiger charge is -2.33. The Morgan fingerprint density at radius 2 is 2.20 bits per heavy atom. The van der Waals surface area contributed by atoms with Crippen LogP contribution in [0.15, 0.2) is 18.2 Å². The molecule has 0 atom stereocenters. The molecule has 1 saturated carbocycles. The summed E-state index contributed by atoms with van der Waals surface area (Å²) in [5, 5.41) is 12.5. The Balaban J connectivity index is 2.04. The number of nitrogens with one attached hydrogen (secondary N) is 1. The van der Waals surface area contributed by atoms with Gasteiger partial charge in [-0.2, -0.15) is 5.26 Å². The third kappa shape index (κ3) is 2.23. The first-order valence-corrected chi connectivity index (χ1v) is 5.28. The van der Waals surface area contributed by atoms with Crippen LogP contribution >= 0.6 is 11.6 Å². The van der Waals surface area contributed by atoms with Crippen LogP contribution in [0.3, 0.4) is 0 Å². The number of nitriles is 1. The van der Waals surface area contributed by atoms with Crippen molar-refractivity contribution in [3.63, 3.8) is 0 Å². The second-order valence-corrected chi connectivity index (χ2v) is 4.29. The van der Waals surface area contributed by atoms with Gasteiger partial charge < -0.3 is 11.1 Å². The fraction of sp³-hybridized carbons (Fsp3) is 0.364. The summed E-state index contributed by atoms with van der Waals surface area (Å²) in [4.78, 5) is 0. The molecule has 0 aromatic heterocycles. The van der Waals surface area contributed by atoms with E-state index < -0.39 is 0 Å². The quantitative estimate of drug-likeness (QED) is 0.804. The van der Waals surface area contributed by atoms with Crippen molar-refractivity contribution < 1.29 is 0 Å². The molecule has 0 aliphatic heterocycles. The molecule has 78 valence electrons. The second-order valence-electron chi connectivity index (χ2n) is 3.88. The molecule has 0 amide bonds. The molecular formula is C11H12ClN3. The maximum atomic E-state index is 8.71. The molecule has 4 heteroatoms. The van der Waals surface area contributed by atoms with Crippen molar-refractivity contribution in [1.82, 2.24) is 0 Å². The molecule has 0 heterocycles. The molecule has 0 bridgehead atoms. The van der Waals surface area contributed by atoms with Gasteiger partial charge in [0, 0.05) is 17.8 Å². The van der Waals surface area contributed by atoms with Crippen molar-refractivity contribution in [2.45, 2.75) is 24.9 Å². The Labute approximate surface area is 93.8 Å². The van der Waals surface area contributed by atoms with Crippen LogP contribution in [-0.4, -0.2) is 12.1 Å². The summed E-state index contributed by atoms with van der Waals surface area (Å²) >= 11 is 5.92. The highest BCUT2D eigenvalue weighted by atomic mass is 35.5. The van der Waals surface area contributed by atoms with E-state index in [9.17, 15) is 0 Å². The Bertz CT molecular complexity index is 405. The molecule has 0 unspecified atom stereocenters. The van der Waals surface area contributed by atoms with Gasteiger partial charge in [0.15, 0.2) is 0 Å². The summed E-state index contributed by atoms with van der Waals surface area (Å²) in [5.41, 5.74) is 7.15. The first-order valence-electron chi connectivity index (χ1n) is 4.91. The minimum Gasteiger partial charge on any atom is -0.382 e. The van der Waals surface area contributed by atoms with Crippen molar-refractivity contribution in [2.75, 3.05) is 5.32 Å². The van der Waals surface area contributed by atoms with Crippen LogP contribution in [0.4, 0.5) is 5.69 Å². The van der Waals surface area contributed by atoms with Crippen LogP contribution in [0.2, 0.25) is 5.02 Å². The van der Waals surface area contributed by atoms with Gasteiger partial charge in [-0.1, -0.05) is 11.6 Å². The van der Waals surface area contributed by atoms with Gasteiger partial charge in [0.05, 0.1) is 10.6 Å². The molecule has 1 fully saturated rings. The summed E-state index contributed by atoms with van der Waals surface area (Å²) in [6.45, 7) is 0.